The summed E-state index contributed by atoms with van der Waals surface area (Å²) in [5.41, 5.74) is 0. The third kappa shape index (κ3) is 2.71. The molecule has 3 heteroatoms. The summed E-state index contributed by atoms with van der Waals surface area (Å²) < 4.78 is 0. The average Bonchev–Trinajstić information content (AvgIpc) is 2.44. The van der Waals surface area contributed by atoms with Crippen LogP contribution in [0.4, 0.5) is 0 Å². The number of rotatable bonds is 3. The van der Waals surface area contributed by atoms with Gasteiger partial charge in [-0.05, 0) is 37.6 Å². The maximum absolute atomic E-state index is 10.6. The molecule has 1 saturated heterocycles. The summed E-state index contributed by atoms with van der Waals surface area (Å²) in [6.07, 6.45) is 7.86. The van der Waals surface area contributed by atoms with E-state index in [-0.39, 0.29) is 0 Å². The monoisotopic (exact) mass is 211 g/mol. The number of carboxylic acids is 1. The molecule has 1 aliphatic carbocycles. The van der Waals surface area contributed by atoms with Gasteiger partial charge in [-0.1, -0.05) is 19.3 Å². The lowest BCUT2D eigenvalue weighted by molar-refractivity contribution is -0.137. The van der Waals surface area contributed by atoms with Gasteiger partial charge in [-0.15, -0.1) is 0 Å². The Balaban J connectivity index is 1.87. The fourth-order valence-electron chi connectivity index (χ4n) is 3.23. The van der Waals surface area contributed by atoms with Gasteiger partial charge in [0, 0.05) is 12.5 Å². The van der Waals surface area contributed by atoms with E-state index in [1.165, 1.54) is 32.1 Å². The molecule has 0 aromatic rings. The maximum Gasteiger partial charge on any atom is 0.303 e. The predicted molar refractivity (Wildman–Crippen MR) is 58.7 cm³/mol. The van der Waals surface area contributed by atoms with Crippen LogP contribution in [0.1, 0.15) is 44.9 Å². The molecule has 0 radical (unpaired) electrons. The van der Waals surface area contributed by atoms with E-state index in [1.54, 1.807) is 0 Å². The molecule has 0 aromatic heterocycles. The van der Waals surface area contributed by atoms with Crippen molar-refractivity contribution >= 4 is 5.97 Å². The highest BCUT2D eigenvalue weighted by molar-refractivity contribution is 5.66. The highest BCUT2D eigenvalue weighted by Crippen LogP contribution is 2.35. The lowest BCUT2D eigenvalue weighted by atomic mass is 9.84. The molecule has 2 rings (SSSR count). The van der Waals surface area contributed by atoms with E-state index >= 15 is 0 Å². The number of hydrogen-bond acceptors (Lipinski definition) is 2. The minimum Gasteiger partial charge on any atom is -0.481 e. The van der Waals surface area contributed by atoms with Gasteiger partial charge in [0.2, 0.25) is 0 Å². The molecule has 1 heterocycles. The first kappa shape index (κ1) is 10.9. The van der Waals surface area contributed by atoms with Crippen LogP contribution in [0.5, 0.6) is 0 Å². The van der Waals surface area contributed by atoms with E-state index in [4.69, 9.17) is 5.11 Å². The highest BCUT2D eigenvalue weighted by Gasteiger charge is 2.35. The summed E-state index contributed by atoms with van der Waals surface area (Å²) in [6.45, 7) is 1.04. The lowest BCUT2D eigenvalue weighted by Crippen LogP contribution is -2.26. The van der Waals surface area contributed by atoms with Crippen LogP contribution in [0.2, 0.25) is 0 Å². The maximum atomic E-state index is 10.6. The van der Waals surface area contributed by atoms with Gasteiger partial charge >= 0.3 is 5.97 Å². The summed E-state index contributed by atoms with van der Waals surface area (Å²) in [5, 5.41) is 12.3. The van der Waals surface area contributed by atoms with Crippen LogP contribution in [0.25, 0.3) is 0 Å². The molecule has 1 saturated carbocycles. The van der Waals surface area contributed by atoms with Crippen LogP contribution in [0.3, 0.4) is 0 Å². The van der Waals surface area contributed by atoms with Crippen molar-refractivity contribution in [2.24, 2.45) is 11.8 Å². The van der Waals surface area contributed by atoms with Crippen molar-refractivity contribution in [3.63, 3.8) is 0 Å². The van der Waals surface area contributed by atoms with Gasteiger partial charge in [0.15, 0.2) is 0 Å². The van der Waals surface area contributed by atoms with Gasteiger partial charge in [-0.3, -0.25) is 4.79 Å². The molecular formula is C12H21NO2. The Bertz CT molecular complexity index is 230. The van der Waals surface area contributed by atoms with Crippen LogP contribution in [-0.4, -0.2) is 23.7 Å². The zero-order valence-corrected chi connectivity index (χ0v) is 9.24. The Kier molecular flexibility index (Phi) is 3.62. The Hall–Kier alpha value is -0.570. The lowest BCUT2D eigenvalue weighted by Gasteiger charge is -2.21. The number of carbonyl (C=O) groups is 1. The van der Waals surface area contributed by atoms with Gasteiger partial charge < -0.3 is 10.4 Å². The fraction of sp³-hybridized carbons (Fsp3) is 0.917. The first-order valence-electron chi connectivity index (χ1n) is 6.22. The number of carboxylic acid groups (broad SMARTS) is 1. The van der Waals surface area contributed by atoms with Gasteiger partial charge in [-0.2, -0.15) is 0 Å². The van der Waals surface area contributed by atoms with Gasteiger partial charge in [-0.25, -0.2) is 0 Å². The second-order valence-corrected chi connectivity index (χ2v) is 5.01. The molecule has 86 valence electrons. The van der Waals surface area contributed by atoms with Crippen LogP contribution in [0, 0.1) is 11.8 Å². The minimum absolute atomic E-state index is 0.343. The van der Waals surface area contributed by atoms with E-state index < -0.39 is 5.97 Å². The van der Waals surface area contributed by atoms with Crippen molar-refractivity contribution < 1.29 is 9.90 Å². The van der Waals surface area contributed by atoms with E-state index in [1.807, 2.05) is 0 Å². The van der Waals surface area contributed by atoms with Crippen molar-refractivity contribution in [3.8, 4) is 0 Å². The topological polar surface area (TPSA) is 49.3 Å². The van der Waals surface area contributed by atoms with E-state index in [0.29, 0.717) is 18.4 Å². The summed E-state index contributed by atoms with van der Waals surface area (Å²) in [5.74, 6) is 0.725. The molecule has 2 N–H and O–H groups in total. The first-order chi connectivity index (χ1) is 7.27. The average molecular weight is 211 g/mol. The summed E-state index contributed by atoms with van der Waals surface area (Å²) >= 11 is 0. The smallest absolute Gasteiger partial charge is 0.303 e. The Morgan fingerprint density at radius 3 is 2.87 bits per heavy atom. The number of nitrogens with one attached hydrogen (secondary N) is 1. The number of fused-ring (bicyclic) bond motifs is 1. The molecule has 1 aliphatic heterocycles. The van der Waals surface area contributed by atoms with Gasteiger partial charge in [0.05, 0.1) is 0 Å². The molecule has 3 unspecified atom stereocenters. The summed E-state index contributed by atoms with van der Waals surface area (Å²) in [7, 11) is 0. The molecule has 2 aliphatic rings. The predicted octanol–water partition coefficient (Wildman–Crippen LogP) is 2.02. The molecule has 0 aromatic carbocycles. The fourth-order valence-corrected chi connectivity index (χ4v) is 3.23. The number of aliphatic carboxylic acids is 1. The second kappa shape index (κ2) is 4.97. The van der Waals surface area contributed by atoms with Gasteiger partial charge in [0.1, 0.15) is 0 Å². The third-order valence-corrected chi connectivity index (χ3v) is 4.05. The molecule has 0 bridgehead atoms. The van der Waals surface area contributed by atoms with Crippen molar-refractivity contribution in [2.45, 2.75) is 51.0 Å². The van der Waals surface area contributed by atoms with Crippen LogP contribution < -0.4 is 5.32 Å². The summed E-state index contributed by atoms with van der Waals surface area (Å²) in [6, 6.07) is 0.686. The van der Waals surface area contributed by atoms with Crippen molar-refractivity contribution in [1.29, 1.82) is 0 Å². The van der Waals surface area contributed by atoms with Gasteiger partial charge in [0.25, 0.3) is 0 Å². The van der Waals surface area contributed by atoms with Crippen LogP contribution in [-0.2, 0) is 4.79 Å². The quantitative estimate of drug-likeness (QED) is 0.751. The molecule has 2 fully saturated rings. The summed E-state index contributed by atoms with van der Waals surface area (Å²) in [4.78, 5) is 10.6. The normalized spacial score (nSPS) is 35.9. The van der Waals surface area contributed by atoms with E-state index in [0.717, 1.165) is 18.9 Å². The SMILES string of the molecule is O=C(O)CCC1CNC2CCCCCC12. The van der Waals surface area contributed by atoms with Crippen LogP contribution >= 0.6 is 0 Å². The zero-order valence-electron chi connectivity index (χ0n) is 9.24. The molecule has 15 heavy (non-hydrogen) atoms. The zero-order chi connectivity index (χ0) is 10.7. The highest BCUT2D eigenvalue weighted by atomic mass is 16.4. The Morgan fingerprint density at radius 2 is 2.07 bits per heavy atom. The Labute approximate surface area is 91.2 Å². The third-order valence-electron chi connectivity index (χ3n) is 4.05. The Morgan fingerprint density at radius 1 is 1.27 bits per heavy atom. The molecule has 0 spiro atoms. The van der Waals surface area contributed by atoms with E-state index in [9.17, 15) is 4.79 Å². The van der Waals surface area contributed by atoms with Crippen molar-refractivity contribution in [1.82, 2.24) is 5.32 Å². The molecular weight excluding hydrogens is 190 g/mol. The second-order valence-electron chi connectivity index (χ2n) is 5.01. The molecule has 3 nitrogen and oxygen atoms in total. The van der Waals surface area contributed by atoms with Crippen LogP contribution in [0.15, 0.2) is 0 Å². The standard InChI is InChI=1S/C12H21NO2/c14-12(15)7-6-9-8-13-11-5-3-1-2-4-10(9)11/h9-11,13H,1-8H2,(H,14,15). The number of hydrogen-bond donors (Lipinski definition) is 2. The molecule has 0 amide bonds. The molecule has 3 atom stereocenters. The van der Waals surface area contributed by atoms with E-state index in [2.05, 4.69) is 5.32 Å². The first-order valence-corrected chi connectivity index (χ1v) is 6.22. The minimum atomic E-state index is -0.646. The van der Waals surface area contributed by atoms with Crippen molar-refractivity contribution in [2.75, 3.05) is 6.54 Å². The largest absolute Gasteiger partial charge is 0.481 e. The van der Waals surface area contributed by atoms with Crippen molar-refractivity contribution in [3.05, 3.63) is 0 Å².